The van der Waals surface area contributed by atoms with Crippen LogP contribution in [0.5, 0.6) is 0 Å². The number of hydrogen-bond donors (Lipinski definition) is 1. The molecule has 1 aromatic rings. The molecule has 2 heteroatoms. The maximum Gasteiger partial charge on any atom is 0.0468 e. The third-order valence-corrected chi connectivity index (χ3v) is 4.24. The molecule has 1 saturated heterocycles. The highest BCUT2D eigenvalue weighted by atomic mass is 16.5. The molecule has 20 heavy (non-hydrogen) atoms. The van der Waals surface area contributed by atoms with Crippen molar-refractivity contribution >= 4 is 0 Å². The van der Waals surface area contributed by atoms with E-state index < -0.39 is 0 Å². The molecule has 2 rings (SSSR count). The molecule has 1 atom stereocenters. The van der Waals surface area contributed by atoms with E-state index in [1.54, 1.807) is 0 Å². The van der Waals surface area contributed by atoms with Crippen LogP contribution in [0.3, 0.4) is 0 Å². The fourth-order valence-electron chi connectivity index (χ4n) is 3.02. The smallest absolute Gasteiger partial charge is 0.0468 e. The summed E-state index contributed by atoms with van der Waals surface area (Å²) in [5.41, 5.74) is 2.86. The van der Waals surface area contributed by atoms with Gasteiger partial charge in [0.15, 0.2) is 0 Å². The van der Waals surface area contributed by atoms with Crippen molar-refractivity contribution in [1.29, 1.82) is 0 Å². The second kappa shape index (κ2) is 7.80. The van der Waals surface area contributed by atoms with Gasteiger partial charge in [0, 0.05) is 25.8 Å². The molecule has 2 nitrogen and oxygen atoms in total. The lowest BCUT2D eigenvalue weighted by Crippen LogP contribution is -2.30. The molecular formula is C18H29NO. The van der Waals surface area contributed by atoms with E-state index in [1.165, 1.54) is 30.4 Å². The van der Waals surface area contributed by atoms with Gasteiger partial charge in [0.05, 0.1) is 0 Å². The van der Waals surface area contributed by atoms with Gasteiger partial charge in [-0.3, -0.25) is 0 Å². The van der Waals surface area contributed by atoms with Gasteiger partial charge < -0.3 is 10.1 Å². The van der Waals surface area contributed by atoms with E-state index in [0.717, 1.165) is 25.7 Å². The Hall–Kier alpha value is -0.860. The van der Waals surface area contributed by atoms with Crippen LogP contribution in [0.2, 0.25) is 0 Å². The molecule has 0 spiro atoms. The van der Waals surface area contributed by atoms with Crippen LogP contribution in [0.4, 0.5) is 0 Å². The average Bonchev–Trinajstić information content (AvgIpc) is 2.44. The first-order chi connectivity index (χ1) is 9.65. The molecule has 1 unspecified atom stereocenters. The van der Waals surface area contributed by atoms with Crippen LogP contribution < -0.4 is 5.32 Å². The van der Waals surface area contributed by atoms with Gasteiger partial charge in [-0.25, -0.2) is 0 Å². The van der Waals surface area contributed by atoms with E-state index >= 15 is 0 Å². The fourth-order valence-corrected chi connectivity index (χ4v) is 3.02. The largest absolute Gasteiger partial charge is 0.381 e. The van der Waals surface area contributed by atoms with Crippen molar-refractivity contribution in [2.24, 2.45) is 5.92 Å². The molecular weight excluding hydrogens is 246 g/mol. The number of hydrogen-bond acceptors (Lipinski definition) is 2. The summed E-state index contributed by atoms with van der Waals surface area (Å²) in [6.45, 7) is 9.61. The fraction of sp³-hybridized carbons (Fsp3) is 0.667. The lowest BCUT2D eigenvalue weighted by molar-refractivity contribution is 0.0615. The lowest BCUT2D eigenvalue weighted by atomic mass is 9.84. The number of nitrogens with one attached hydrogen (secondary N) is 1. The molecule has 1 aliphatic rings. The third kappa shape index (κ3) is 4.92. The number of benzene rings is 1. The van der Waals surface area contributed by atoms with E-state index in [0.29, 0.717) is 12.0 Å². The van der Waals surface area contributed by atoms with Gasteiger partial charge in [-0.1, -0.05) is 43.7 Å². The van der Waals surface area contributed by atoms with Crippen LogP contribution >= 0.6 is 0 Å². The maximum absolute atomic E-state index is 5.49. The van der Waals surface area contributed by atoms with E-state index in [2.05, 4.69) is 50.4 Å². The van der Waals surface area contributed by atoms with E-state index in [9.17, 15) is 0 Å². The van der Waals surface area contributed by atoms with Crippen LogP contribution in [0, 0.1) is 12.8 Å². The molecule has 1 fully saturated rings. The second-order valence-corrected chi connectivity index (χ2v) is 6.47. The number of aryl methyl sites for hydroxylation is 1. The monoisotopic (exact) mass is 275 g/mol. The van der Waals surface area contributed by atoms with E-state index in [-0.39, 0.29) is 0 Å². The molecule has 0 bridgehead atoms. The molecule has 0 amide bonds. The summed E-state index contributed by atoms with van der Waals surface area (Å²) in [7, 11) is 0. The van der Waals surface area contributed by atoms with Gasteiger partial charge in [0.2, 0.25) is 0 Å². The molecule has 1 aromatic carbocycles. The lowest BCUT2D eigenvalue weighted by Gasteiger charge is -2.28. The Balaban J connectivity index is 2.02. The van der Waals surface area contributed by atoms with Gasteiger partial charge in [-0.05, 0) is 43.6 Å². The predicted octanol–water partition coefficient (Wildman–Crippen LogP) is 3.89. The van der Waals surface area contributed by atoms with Crippen LogP contribution in [-0.4, -0.2) is 25.8 Å². The highest BCUT2D eigenvalue weighted by molar-refractivity contribution is 5.26. The van der Waals surface area contributed by atoms with Crippen LogP contribution in [0.15, 0.2) is 24.3 Å². The van der Waals surface area contributed by atoms with Crippen LogP contribution in [-0.2, 0) is 4.74 Å². The second-order valence-electron chi connectivity index (χ2n) is 6.47. The first-order valence-corrected chi connectivity index (χ1v) is 8.03. The predicted molar refractivity (Wildman–Crippen MR) is 85.2 cm³/mol. The SMILES string of the molecule is Cc1cccc(C(CNC(C)C)CC2CCOCC2)c1. The summed E-state index contributed by atoms with van der Waals surface area (Å²) in [5.74, 6) is 1.45. The van der Waals surface area contributed by atoms with Crippen molar-refractivity contribution in [2.75, 3.05) is 19.8 Å². The van der Waals surface area contributed by atoms with Gasteiger partial charge in [0.1, 0.15) is 0 Å². The Bertz CT molecular complexity index is 396. The minimum Gasteiger partial charge on any atom is -0.381 e. The van der Waals surface area contributed by atoms with Gasteiger partial charge in [-0.15, -0.1) is 0 Å². The minimum absolute atomic E-state index is 0.553. The van der Waals surface area contributed by atoms with Crippen molar-refractivity contribution in [3.63, 3.8) is 0 Å². The van der Waals surface area contributed by atoms with E-state index in [4.69, 9.17) is 4.74 Å². The molecule has 0 aromatic heterocycles. The Kier molecular flexibility index (Phi) is 6.06. The summed E-state index contributed by atoms with van der Waals surface area (Å²) < 4.78 is 5.49. The summed E-state index contributed by atoms with van der Waals surface area (Å²) in [5, 5.41) is 3.62. The van der Waals surface area contributed by atoms with Crippen LogP contribution in [0.1, 0.15) is 50.2 Å². The van der Waals surface area contributed by atoms with Crippen molar-refractivity contribution in [1.82, 2.24) is 5.32 Å². The van der Waals surface area contributed by atoms with Gasteiger partial charge >= 0.3 is 0 Å². The normalized spacial score (nSPS) is 18.4. The summed E-state index contributed by atoms with van der Waals surface area (Å²) in [6.07, 6.45) is 3.74. The van der Waals surface area contributed by atoms with Crippen molar-refractivity contribution in [3.8, 4) is 0 Å². The van der Waals surface area contributed by atoms with Gasteiger partial charge in [-0.2, -0.15) is 0 Å². The molecule has 1 N–H and O–H groups in total. The highest BCUT2D eigenvalue weighted by Crippen LogP contribution is 2.29. The minimum atomic E-state index is 0.553. The first kappa shape index (κ1) is 15.5. The maximum atomic E-state index is 5.49. The Morgan fingerprint density at radius 3 is 2.65 bits per heavy atom. The topological polar surface area (TPSA) is 21.3 Å². The summed E-state index contributed by atoms with van der Waals surface area (Å²) in [4.78, 5) is 0. The van der Waals surface area contributed by atoms with Crippen LogP contribution in [0.25, 0.3) is 0 Å². The molecule has 0 aliphatic carbocycles. The molecule has 0 saturated carbocycles. The zero-order chi connectivity index (χ0) is 14.4. The summed E-state index contributed by atoms with van der Waals surface area (Å²) in [6, 6.07) is 9.57. The van der Waals surface area contributed by atoms with Gasteiger partial charge in [0.25, 0.3) is 0 Å². The third-order valence-electron chi connectivity index (χ3n) is 4.24. The Labute approximate surface area is 123 Å². The van der Waals surface area contributed by atoms with Crippen molar-refractivity contribution in [3.05, 3.63) is 35.4 Å². The van der Waals surface area contributed by atoms with Crippen molar-refractivity contribution < 1.29 is 4.74 Å². The molecule has 112 valence electrons. The standard InChI is InChI=1S/C18H29NO/c1-14(2)19-13-18(12-16-7-9-20-10-8-16)17-6-4-5-15(3)11-17/h4-6,11,14,16,18-19H,7-10,12-13H2,1-3H3. The zero-order valence-corrected chi connectivity index (χ0v) is 13.2. The molecule has 1 aliphatic heterocycles. The van der Waals surface area contributed by atoms with Crippen molar-refractivity contribution in [2.45, 2.75) is 52.0 Å². The van der Waals surface area contributed by atoms with E-state index in [1.807, 2.05) is 0 Å². The first-order valence-electron chi connectivity index (χ1n) is 8.03. The quantitative estimate of drug-likeness (QED) is 0.850. The molecule has 0 radical (unpaired) electrons. The highest BCUT2D eigenvalue weighted by Gasteiger charge is 2.20. The number of ether oxygens (including phenoxy) is 1. The molecule has 1 heterocycles. The zero-order valence-electron chi connectivity index (χ0n) is 13.2. The Morgan fingerprint density at radius 1 is 1.25 bits per heavy atom. The number of rotatable bonds is 6. The average molecular weight is 275 g/mol. The Morgan fingerprint density at radius 2 is 2.00 bits per heavy atom. The summed E-state index contributed by atoms with van der Waals surface area (Å²) >= 11 is 0.